The molecule has 1 atom stereocenters. The molecule has 40 heavy (non-hydrogen) atoms. The molecule has 4 rings (SSSR count). The van der Waals surface area contributed by atoms with Gasteiger partial charge in [0.2, 0.25) is 0 Å². The molecule has 13 heteroatoms. The normalized spacial score (nSPS) is 15.2. The Kier molecular flexibility index (Phi) is 9.31. The van der Waals surface area contributed by atoms with E-state index in [9.17, 15) is 27.2 Å². The van der Waals surface area contributed by atoms with E-state index < -0.39 is 35.7 Å². The molecule has 1 aliphatic heterocycles. The average molecular weight is 582 g/mol. The van der Waals surface area contributed by atoms with Crippen LogP contribution in [0.4, 0.5) is 33.0 Å². The van der Waals surface area contributed by atoms with Gasteiger partial charge in [-0.05, 0) is 60.7 Å². The van der Waals surface area contributed by atoms with Crippen molar-refractivity contribution >= 4 is 40.3 Å². The zero-order valence-electron chi connectivity index (χ0n) is 21.6. The number of likely N-dealkylation sites (tertiary alicyclic amines) is 1. The van der Waals surface area contributed by atoms with Crippen LogP contribution in [-0.2, 0) is 11.3 Å². The number of hydrogen-bond acceptors (Lipinski definition) is 5. The zero-order chi connectivity index (χ0) is 28.9. The van der Waals surface area contributed by atoms with Crippen LogP contribution in [0, 0.1) is 11.6 Å². The predicted octanol–water partition coefficient (Wildman–Crippen LogP) is 5.66. The molecule has 0 saturated carbocycles. The third-order valence-electron chi connectivity index (χ3n) is 6.57. The smallest absolute Gasteiger partial charge is 0.412 e. The summed E-state index contributed by atoms with van der Waals surface area (Å²) in [5, 5.41) is 6.26. The maximum Gasteiger partial charge on any atom is 0.412 e. The molecule has 0 spiro atoms. The number of carbonyl (C=O) groups excluding carboxylic acids is 2. The van der Waals surface area contributed by atoms with Crippen molar-refractivity contribution in [3.8, 4) is 0 Å². The Hall–Kier alpha value is -3.64. The number of pyridine rings is 1. The fraction of sp³-hybridized carbons (Fsp3) is 0.370. The van der Waals surface area contributed by atoms with Gasteiger partial charge in [-0.15, -0.1) is 0 Å². The van der Waals surface area contributed by atoms with E-state index in [2.05, 4.69) is 15.6 Å². The highest BCUT2D eigenvalue weighted by Gasteiger charge is 2.43. The maximum absolute atomic E-state index is 13.7. The van der Waals surface area contributed by atoms with Gasteiger partial charge >= 0.3 is 12.1 Å². The maximum atomic E-state index is 13.7. The van der Waals surface area contributed by atoms with E-state index in [4.69, 9.17) is 16.3 Å². The van der Waals surface area contributed by atoms with Gasteiger partial charge in [0.05, 0.1) is 24.2 Å². The summed E-state index contributed by atoms with van der Waals surface area (Å²) in [6, 6.07) is 8.80. The lowest BCUT2D eigenvalue weighted by Crippen LogP contribution is -2.56. The fourth-order valence-electron chi connectivity index (χ4n) is 4.34. The van der Waals surface area contributed by atoms with E-state index in [1.54, 1.807) is 17.0 Å². The van der Waals surface area contributed by atoms with Crippen LogP contribution in [0.25, 0.3) is 10.8 Å². The molecule has 0 radical (unpaired) electrons. The number of carbonyl (C=O) groups is 2. The van der Waals surface area contributed by atoms with Gasteiger partial charge in [-0.1, -0.05) is 23.7 Å². The minimum atomic E-state index is -2.68. The molecular formula is C27H28ClF4N5O3. The first-order chi connectivity index (χ1) is 19.0. The first kappa shape index (κ1) is 29.3. The van der Waals surface area contributed by atoms with Gasteiger partial charge in [0.1, 0.15) is 24.1 Å². The topological polar surface area (TPSA) is 86.8 Å². The largest absolute Gasteiger partial charge is 0.447 e. The Morgan fingerprint density at radius 2 is 1.95 bits per heavy atom. The third kappa shape index (κ3) is 7.72. The van der Waals surface area contributed by atoms with Crippen LogP contribution in [0.3, 0.4) is 0 Å². The number of alkyl halides is 2. The van der Waals surface area contributed by atoms with Crippen molar-refractivity contribution in [2.75, 3.05) is 38.6 Å². The summed E-state index contributed by atoms with van der Waals surface area (Å²) in [6.07, 6.45) is 1.47. The molecule has 3 amide bonds. The number of rotatable bonds is 10. The van der Waals surface area contributed by atoms with Crippen LogP contribution in [0.1, 0.15) is 18.4 Å². The summed E-state index contributed by atoms with van der Waals surface area (Å²) in [5.74, 6) is -3.58. The number of nitrogens with zero attached hydrogens (tertiary/aromatic N) is 3. The van der Waals surface area contributed by atoms with Crippen LogP contribution >= 0.6 is 11.6 Å². The molecule has 214 valence electrons. The van der Waals surface area contributed by atoms with Crippen molar-refractivity contribution < 1.29 is 31.9 Å². The number of anilines is 1. The number of amides is 3. The standard InChI is InChI=1S/C27H28ClF4N5O3/c1-36(25(38)34-13-18-4-2-6-22(30)24(18)28)21(5-3-9-37-15-27(31,32)16-37)14-40-26(39)35-23-11-19-10-20(29)8-7-17(19)12-33-23/h2,4,6-8,10-12,21H,3,5,9,13-16H2,1H3,(H,34,38)(H,33,35,39)/t21-/m0/s1. The molecule has 2 heterocycles. The number of aromatic nitrogens is 1. The lowest BCUT2D eigenvalue weighted by Gasteiger charge is -2.39. The Bertz CT molecular complexity index is 1370. The first-order valence-corrected chi connectivity index (χ1v) is 12.9. The van der Waals surface area contributed by atoms with Crippen LogP contribution in [-0.4, -0.2) is 72.2 Å². The highest BCUT2D eigenvalue weighted by Crippen LogP contribution is 2.27. The van der Waals surface area contributed by atoms with Crippen LogP contribution in [0.5, 0.6) is 0 Å². The first-order valence-electron chi connectivity index (χ1n) is 12.5. The van der Waals surface area contributed by atoms with Crippen molar-refractivity contribution in [3.05, 3.63) is 70.9 Å². The number of likely N-dealkylation sites (N-methyl/N-ethyl adjacent to an activating group) is 1. The van der Waals surface area contributed by atoms with Gasteiger partial charge < -0.3 is 15.0 Å². The Morgan fingerprint density at radius 3 is 2.70 bits per heavy atom. The summed E-state index contributed by atoms with van der Waals surface area (Å²) in [6.45, 7) is -0.474. The number of fused-ring (bicyclic) bond motifs is 1. The number of benzene rings is 2. The minimum absolute atomic E-state index is 0.0368. The van der Waals surface area contributed by atoms with E-state index in [0.717, 1.165) is 0 Å². The zero-order valence-corrected chi connectivity index (χ0v) is 22.4. The monoisotopic (exact) mass is 581 g/mol. The van der Waals surface area contributed by atoms with Crippen molar-refractivity contribution in [2.24, 2.45) is 0 Å². The van der Waals surface area contributed by atoms with Crippen molar-refractivity contribution in [1.82, 2.24) is 20.1 Å². The second-order valence-electron chi connectivity index (χ2n) is 9.63. The van der Waals surface area contributed by atoms with Gasteiger partial charge in [-0.25, -0.2) is 32.1 Å². The molecule has 8 nitrogen and oxygen atoms in total. The highest BCUT2D eigenvalue weighted by molar-refractivity contribution is 6.31. The van der Waals surface area contributed by atoms with E-state index in [1.807, 2.05) is 0 Å². The summed E-state index contributed by atoms with van der Waals surface area (Å²) < 4.78 is 58.9. The molecule has 1 aromatic heterocycles. The van der Waals surface area contributed by atoms with Gasteiger partial charge in [0.15, 0.2) is 0 Å². The highest BCUT2D eigenvalue weighted by atomic mass is 35.5. The van der Waals surface area contributed by atoms with Crippen molar-refractivity contribution in [1.29, 1.82) is 0 Å². The van der Waals surface area contributed by atoms with E-state index in [0.29, 0.717) is 35.7 Å². The van der Waals surface area contributed by atoms with Gasteiger partial charge in [0.25, 0.3) is 5.92 Å². The molecule has 0 bridgehead atoms. The lowest BCUT2D eigenvalue weighted by molar-refractivity contribution is -0.130. The third-order valence-corrected chi connectivity index (χ3v) is 7.00. The summed E-state index contributed by atoms with van der Waals surface area (Å²) in [7, 11) is 1.51. The SMILES string of the molecule is CN(C(=O)NCc1cccc(F)c1Cl)[C@@H](CCCN1CC(F)(F)C1)COC(=O)Nc1cc2cc(F)ccc2cn1. The quantitative estimate of drug-likeness (QED) is 0.302. The second kappa shape index (κ2) is 12.7. The second-order valence-corrected chi connectivity index (χ2v) is 10.0. The van der Waals surface area contributed by atoms with Gasteiger partial charge in [0, 0.05) is 25.2 Å². The predicted molar refractivity (Wildman–Crippen MR) is 142 cm³/mol. The van der Waals surface area contributed by atoms with E-state index >= 15 is 0 Å². The molecule has 0 aliphatic carbocycles. The average Bonchev–Trinajstić information content (AvgIpc) is 2.89. The van der Waals surface area contributed by atoms with Crippen LogP contribution in [0.2, 0.25) is 5.02 Å². The number of hydrogen-bond donors (Lipinski definition) is 2. The number of halogens is 5. The molecule has 2 aromatic carbocycles. The number of ether oxygens (including phenoxy) is 1. The van der Waals surface area contributed by atoms with Crippen LogP contribution < -0.4 is 10.6 Å². The lowest BCUT2D eigenvalue weighted by atomic mass is 10.1. The Labute approximate surface area is 233 Å². The molecule has 0 unspecified atom stereocenters. The molecule has 1 aliphatic rings. The van der Waals surface area contributed by atoms with Crippen molar-refractivity contribution in [3.63, 3.8) is 0 Å². The molecule has 2 N–H and O–H groups in total. The van der Waals surface area contributed by atoms with E-state index in [1.165, 1.54) is 48.5 Å². The summed E-state index contributed by atoms with van der Waals surface area (Å²) in [4.78, 5) is 32.4. The Morgan fingerprint density at radius 1 is 1.18 bits per heavy atom. The molecule has 1 saturated heterocycles. The minimum Gasteiger partial charge on any atom is -0.447 e. The molecule has 3 aromatic rings. The summed E-state index contributed by atoms with van der Waals surface area (Å²) >= 11 is 5.96. The van der Waals surface area contributed by atoms with Crippen LogP contribution in [0.15, 0.2) is 48.7 Å². The van der Waals surface area contributed by atoms with Crippen molar-refractivity contribution in [2.45, 2.75) is 31.4 Å². The Balaban J connectivity index is 1.35. The molecule has 1 fully saturated rings. The van der Waals surface area contributed by atoms with Gasteiger partial charge in [-0.3, -0.25) is 10.2 Å². The van der Waals surface area contributed by atoms with E-state index in [-0.39, 0.29) is 37.1 Å². The molecular weight excluding hydrogens is 554 g/mol. The summed E-state index contributed by atoms with van der Waals surface area (Å²) in [5.41, 5.74) is 0.386. The fourth-order valence-corrected chi connectivity index (χ4v) is 4.54. The van der Waals surface area contributed by atoms with Gasteiger partial charge in [-0.2, -0.15) is 0 Å². The number of urea groups is 1. The number of nitrogens with one attached hydrogen (secondary N) is 2.